The van der Waals surface area contributed by atoms with Crippen molar-refractivity contribution in [1.82, 2.24) is 29.5 Å². The number of imidazole rings is 1. The van der Waals surface area contributed by atoms with Gasteiger partial charge in [-0.25, -0.2) is 9.97 Å². The van der Waals surface area contributed by atoms with Gasteiger partial charge in [-0.2, -0.15) is 15.0 Å². The van der Waals surface area contributed by atoms with Gasteiger partial charge in [0, 0.05) is 12.4 Å². The fourth-order valence-electron chi connectivity index (χ4n) is 1.77. The predicted molar refractivity (Wildman–Crippen MR) is 74.6 cm³/mol. The smallest absolute Gasteiger partial charge is 0.241 e. The van der Waals surface area contributed by atoms with Crippen molar-refractivity contribution in [1.29, 1.82) is 0 Å². The summed E-state index contributed by atoms with van der Waals surface area (Å²) in [4.78, 5) is 20.5. The molecule has 0 saturated heterocycles. The number of rotatable bonds is 4. The van der Waals surface area contributed by atoms with Crippen molar-refractivity contribution in [3.63, 3.8) is 0 Å². The highest BCUT2D eigenvalue weighted by molar-refractivity contribution is 5.36. The number of oxazole rings is 1. The molecule has 0 radical (unpaired) electrons. The minimum Gasteiger partial charge on any atom is -0.444 e. The van der Waals surface area contributed by atoms with Crippen LogP contribution < -0.4 is 11.1 Å². The van der Waals surface area contributed by atoms with Gasteiger partial charge >= 0.3 is 0 Å². The largest absolute Gasteiger partial charge is 0.444 e. The van der Waals surface area contributed by atoms with Gasteiger partial charge in [-0.15, -0.1) is 0 Å². The predicted octanol–water partition coefficient (Wildman–Crippen LogP) is 1.11. The molecule has 9 nitrogen and oxygen atoms in total. The van der Waals surface area contributed by atoms with E-state index in [-0.39, 0.29) is 12.0 Å². The van der Waals surface area contributed by atoms with Crippen molar-refractivity contribution < 1.29 is 4.42 Å². The van der Waals surface area contributed by atoms with E-state index < -0.39 is 0 Å². The van der Waals surface area contributed by atoms with Gasteiger partial charge in [0.1, 0.15) is 18.1 Å². The van der Waals surface area contributed by atoms with Crippen LogP contribution in [-0.2, 0) is 0 Å². The molecule has 3 rings (SSSR count). The standard InChI is InChI=1S/C12H14N8O/c1-7-5-15-9(21-7)8(2)16-11-17-10(13)18-12(19-11)20-4-3-14-6-20/h3-6,8H,1-2H3,(H3,13,16,17,18,19). The average molecular weight is 286 g/mol. The maximum atomic E-state index is 5.71. The summed E-state index contributed by atoms with van der Waals surface area (Å²) in [5.41, 5.74) is 5.71. The summed E-state index contributed by atoms with van der Waals surface area (Å²) in [6.07, 6.45) is 6.59. The second-order valence-electron chi connectivity index (χ2n) is 4.46. The van der Waals surface area contributed by atoms with Gasteiger partial charge < -0.3 is 15.5 Å². The van der Waals surface area contributed by atoms with Crippen LogP contribution in [0.3, 0.4) is 0 Å². The molecule has 0 aromatic carbocycles. The molecule has 3 heterocycles. The molecule has 108 valence electrons. The van der Waals surface area contributed by atoms with E-state index in [2.05, 4.69) is 30.2 Å². The van der Waals surface area contributed by atoms with Crippen molar-refractivity contribution in [2.24, 2.45) is 0 Å². The Bertz CT molecular complexity index is 736. The van der Waals surface area contributed by atoms with Crippen LogP contribution in [0.1, 0.15) is 24.6 Å². The normalized spacial score (nSPS) is 12.3. The van der Waals surface area contributed by atoms with Crippen molar-refractivity contribution in [2.75, 3.05) is 11.1 Å². The molecule has 0 aliphatic carbocycles. The summed E-state index contributed by atoms with van der Waals surface area (Å²) in [5, 5.41) is 3.08. The van der Waals surface area contributed by atoms with E-state index in [1.54, 1.807) is 29.5 Å². The number of hydrogen-bond donors (Lipinski definition) is 2. The van der Waals surface area contributed by atoms with E-state index >= 15 is 0 Å². The van der Waals surface area contributed by atoms with Gasteiger partial charge in [-0.1, -0.05) is 0 Å². The maximum absolute atomic E-state index is 5.71. The van der Waals surface area contributed by atoms with E-state index in [1.807, 2.05) is 13.8 Å². The highest BCUT2D eigenvalue weighted by Gasteiger charge is 2.14. The number of aromatic nitrogens is 6. The Balaban J connectivity index is 1.85. The Morgan fingerprint density at radius 2 is 2.19 bits per heavy atom. The number of nitrogen functional groups attached to an aromatic ring is 1. The lowest BCUT2D eigenvalue weighted by Crippen LogP contribution is -2.13. The van der Waals surface area contributed by atoms with Crippen LogP contribution in [0.5, 0.6) is 0 Å². The number of nitrogens with one attached hydrogen (secondary N) is 1. The summed E-state index contributed by atoms with van der Waals surface area (Å²) in [7, 11) is 0. The first-order chi connectivity index (χ1) is 10.1. The van der Waals surface area contributed by atoms with Gasteiger partial charge in [0.2, 0.25) is 23.7 Å². The van der Waals surface area contributed by atoms with E-state index in [9.17, 15) is 0 Å². The van der Waals surface area contributed by atoms with E-state index in [0.29, 0.717) is 17.8 Å². The zero-order chi connectivity index (χ0) is 14.8. The lowest BCUT2D eigenvalue weighted by molar-refractivity contribution is 0.453. The Labute approximate surface area is 120 Å². The fraction of sp³-hybridized carbons (Fsp3) is 0.250. The number of anilines is 2. The number of nitrogens with zero attached hydrogens (tertiary/aromatic N) is 6. The van der Waals surface area contributed by atoms with Crippen LogP contribution in [0.25, 0.3) is 5.95 Å². The summed E-state index contributed by atoms with van der Waals surface area (Å²) < 4.78 is 7.10. The van der Waals surface area contributed by atoms with Crippen molar-refractivity contribution in [3.05, 3.63) is 36.6 Å². The van der Waals surface area contributed by atoms with Gasteiger partial charge in [0.05, 0.1) is 6.20 Å². The van der Waals surface area contributed by atoms with Crippen LogP contribution in [-0.4, -0.2) is 29.5 Å². The topological polar surface area (TPSA) is 121 Å². The molecule has 3 N–H and O–H groups in total. The first kappa shape index (κ1) is 13.0. The minimum atomic E-state index is -0.198. The van der Waals surface area contributed by atoms with Crippen LogP contribution in [0.2, 0.25) is 0 Å². The Morgan fingerprint density at radius 1 is 1.33 bits per heavy atom. The molecule has 0 amide bonds. The third kappa shape index (κ3) is 2.81. The molecule has 0 spiro atoms. The first-order valence-electron chi connectivity index (χ1n) is 6.30. The zero-order valence-corrected chi connectivity index (χ0v) is 11.6. The quantitative estimate of drug-likeness (QED) is 0.731. The molecule has 0 saturated carbocycles. The molecule has 0 bridgehead atoms. The number of nitrogens with two attached hydrogens (primary N) is 1. The maximum Gasteiger partial charge on any atom is 0.241 e. The van der Waals surface area contributed by atoms with E-state index in [1.165, 1.54) is 0 Å². The lowest BCUT2D eigenvalue weighted by Gasteiger charge is -2.11. The molecular weight excluding hydrogens is 272 g/mol. The molecule has 3 aromatic heterocycles. The number of aryl methyl sites for hydroxylation is 1. The fourth-order valence-corrected chi connectivity index (χ4v) is 1.77. The first-order valence-corrected chi connectivity index (χ1v) is 6.30. The molecular formula is C12H14N8O. The highest BCUT2D eigenvalue weighted by Crippen LogP contribution is 2.17. The Morgan fingerprint density at radius 3 is 2.86 bits per heavy atom. The molecule has 0 aliphatic rings. The van der Waals surface area contributed by atoms with Gasteiger partial charge in [0.25, 0.3) is 0 Å². The molecule has 21 heavy (non-hydrogen) atoms. The Kier molecular flexibility index (Phi) is 3.22. The third-order valence-corrected chi connectivity index (χ3v) is 2.73. The third-order valence-electron chi connectivity index (χ3n) is 2.73. The highest BCUT2D eigenvalue weighted by atomic mass is 16.4. The van der Waals surface area contributed by atoms with Gasteiger partial charge in [-0.05, 0) is 13.8 Å². The average Bonchev–Trinajstić information content (AvgIpc) is 3.08. The second kappa shape index (κ2) is 5.19. The molecule has 1 unspecified atom stereocenters. The number of hydrogen-bond acceptors (Lipinski definition) is 8. The summed E-state index contributed by atoms with van der Waals surface area (Å²) >= 11 is 0. The second-order valence-corrected chi connectivity index (χ2v) is 4.46. The Hall–Kier alpha value is -2.97. The van der Waals surface area contributed by atoms with Crippen LogP contribution in [0.15, 0.2) is 29.3 Å². The van der Waals surface area contributed by atoms with Crippen molar-refractivity contribution in [2.45, 2.75) is 19.9 Å². The van der Waals surface area contributed by atoms with Crippen LogP contribution in [0, 0.1) is 6.92 Å². The van der Waals surface area contributed by atoms with Gasteiger partial charge in [0.15, 0.2) is 0 Å². The molecule has 1 atom stereocenters. The monoisotopic (exact) mass is 286 g/mol. The van der Waals surface area contributed by atoms with E-state index in [0.717, 1.165) is 5.76 Å². The summed E-state index contributed by atoms with van der Waals surface area (Å²) in [6.45, 7) is 3.73. The molecule has 9 heteroatoms. The van der Waals surface area contributed by atoms with Crippen LogP contribution >= 0.6 is 0 Å². The summed E-state index contributed by atoms with van der Waals surface area (Å²) in [6, 6.07) is -0.198. The van der Waals surface area contributed by atoms with E-state index in [4.69, 9.17) is 10.2 Å². The van der Waals surface area contributed by atoms with Crippen molar-refractivity contribution in [3.8, 4) is 5.95 Å². The zero-order valence-electron chi connectivity index (χ0n) is 11.6. The molecule has 3 aromatic rings. The van der Waals surface area contributed by atoms with Gasteiger partial charge in [-0.3, -0.25) is 4.57 Å². The minimum absolute atomic E-state index is 0.118. The summed E-state index contributed by atoms with van der Waals surface area (Å²) in [5.74, 6) is 2.14. The van der Waals surface area contributed by atoms with Crippen molar-refractivity contribution >= 4 is 11.9 Å². The van der Waals surface area contributed by atoms with Crippen LogP contribution in [0.4, 0.5) is 11.9 Å². The lowest BCUT2D eigenvalue weighted by atomic mass is 10.3. The molecule has 0 aliphatic heterocycles. The molecule has 0 fully saturated rings. The SMILES string of the molecule is Cc1cnc(C(C)Nc2nc(N)nc(-n3ccnc3)n2)o1.